The van der Waals surface area contributed by atoms with E-state index in [1.54, 1.807) is 36.4 Å². The number of carbonyl (C=O) groups excluding carboxylic acids is 2. The van der Waals surface area contributed by atoms with Gasteiger partial charge in [-0.1, -0.05) is 50.2 Å². The highest BCUT2D eigenvalue weighted by molar-refractivity contribution is 6.10. The summed E-state index contributed by atoms with van der Waals surface area (Å²) < 4.78 is 10.8. The molecule has 4 rings (SSSR count). The van der Waals surface area contributed by atoms with Gasteiger partial charge in [0.05, 0.1) is 7.11 Å². The molecular formula is C20H19NO5. The number of nitrogens with one attached hydrogen (secondary N) is 1. The molecule has 1 amide bonds. The van der Waals surface area contributed by atoms with Crippen LogP contribution in [0.25, 0.3) is 0 Å². The summed E-state index contributed by atoms with van der Waals surface area (Å²) in [4.78, 5) is 25.2. The molecule has 0 spiro atoms. The van der Waals surface area contributed by atoms with Crippen molar-refractivity contribution in [3.63, 3.8) is 0 Å². The van der Waals surface area contributed by atoms with Crippen molar-refractivity contribution in [1.82, 2.24) is 5.32 Å². The number of benzene rings is 2. The van der Waals surface area contributed by atoms with Gasteiger partial charge in [-0.2, -0.15) is 0 Å². The summed E-state index contributed by atoms with van der Waals surface area (Å²) in [6.45, 7) is 4.07. The van der Waals surface area contributed by atoms with Crippen LogP contribution in [-0.4, -0.2) is 24.1 Å². The number of ketones is 1. The first-order valence-electron chi connectivity index (χ1n) is 8.41. The maximum Gasteiger partial charge on any atom is 0.410 e. The maximum absolute atomic E-state index is 13.1. The van der Waals surface area contributed by atoms with Crippen molar-refractivity contribution >= 4 is 11.9 Å². The predicted molar refractivity (Wildman–Crippen MR) is 93.0 cm³/mol. The Kier molecular flexibility index (Phi) is 3.39. The van der Waals surface area contributed by atoms with Gasteiger partial charge in [0.1, 0.15) is 5.75 Å². The Morgan fingerprint density at radius 1 is 1.19 bits per heavy atom. The van der Waals surface area contributed by atoms with Gasteiger partial charge in [-0.05, 0) is 17.5 Å². The van der Waals surface area contributed by atoms with Crippen LogP contribution in [0.5, 0.6) is 5.75 Å². The monoisotopic (exact) mass is 353 g/mol. The standard InChI is InChI=1S/C20H19NO5/c1-11(2)12-8-9-15-16(10-12)26-20(21-18(23)25-3)14-7-5-4-6-13(14)17(22)19(15,20)24/h4-11,24H,1-3H3,(H,21,23). The molecule has 134 valence electrons. The molecule has 2 atom stereocenters. The van der Waals surface area contributed by atoms with Crippen LogP contribution in [0.2, 0.25) is 0 Å². The second-order valence-corrected chi connectivity index (χ2v) is 6.90. The van der Waals surface area contributed by atoms with E-state index in [-0.39, 0.29) is 5.92 Å². The van der Waals surface area contributed by atoms with Crippen LogP contribution in [0, 0.1) is 0 Å². The van der Waals surface area contributed by atoms with E-state index in [9.17, 15) is 14.7 Å². The number of aliphatic hydroxyl groups is 1. The van der Waals surface area contributed by atoms with Gasteiger partial charge in [0, 0.05) is 16.7 Å². The summed E-state index contributed by atoms with van der Waals surface area (Å²) in [5, 5.41) is 14.1. The van der Waals surface area contributed by atoms with Crippen LogP contribution < -0.4 is 10.1 Å². The largest absolute Gasteiger partial charge is 0.459 e. The number of alkyl carbamates (subject to hydrolysis) is 1. The number of rotatable bonds is 2. The molecule has 0 radical (unpaired) electrons. The van der Waals surface area contributed by atoms with Crippen LogP contribution in [-0.2, 0) is 16.1 Å². The number of hydrogen-bond acceptors (Lipinski definition) is 5. The third-order valence-electron chi connectivity index (χ3n) is 5.18. The molecular weight excluding hydrogens is 334 g/mol. The lowest BCUT2D eigenvalue weighted by molar-refractivity contribution is -0.101. The van der Waals surface area contributed by atoms with Crippen LogP contribution in [0.3, 0.4) is 0 Å². The second kappa shape index (κ2) is 5.32. The minimum Gasteiger partial charge on any atom is -0.459 e. The first kappa shape index (κ1) is 16.6. The molecule has 6 heteroatoms. The summed E-state index contributed by atoms with van der Waals surface area (Å²) in [5.74, 6) is 0.102. The lowest BCUT2D eigenvalue weighted by Crippen LogP contribution is -2.59. The van der Waals surface area contributed by atoms with E-state index in [4.69, 9.17) is 9.47 Å². The number of amides is 1. The summed E-state index contributed by atoms with van der Waals surface area (Å²) in [5.41, 5.74) is -1.77. The highest BCUT2D eigenvalue weighted by Crippen LogP contribution is 2.58. The molecule has 1 heterocycles. The second-order valence-electron chi connectivity index (χ2n) is 6.90. The van der Waals surface area contributed by atoms with E-state index in [1.165, 1.54) is 7.11 Å². The molecule has 2 aromatic rings. The Labute approximate surface area is 150 Å². The van der Waals surface area contributed by atoms with Crippen molar-refractivity contribution in [3.8, 4) is 5.75 Å². The van der Waals surface area contributed by atoms with Crippen LogP contribution in [0.1, 0.15) is 46.8 Å². The molecule has 2 unspecified atom stereocenters. The Hall–Kier alpha value is -2.86. The number of hydrogen-bond donors (Lipinski definition) is 2. The molecule has 6 nitrogen and oxygen atoms in total. The van der Waals surface area contributed by atoms with E-state index in [1.807, 2.05) is 19.9 Å². The van der Waals surface area contributed by atoms with Gasteiger partial charge in [-0.3, -0.25) is 10.1 Å². The summed E-state index contributed by atoms with van der Waals surface area (Å²) >= 11 is 0. The normalized spacial score (nSPS) is 25.3. The smallest absolute Gasteiger partial charge is 0.410 e. The molecule has 0 aromatic heterocycles. The van der Waals surface area contributed by atoms with Gasteiger partial charge in [0.15, 0.2) is 0 Å². The minimum absolute atomic E-state index is 0.242. The van der Waals surface area contributed by atoms with E-state index >= 15 is 0 Å². The van der Waals surface area contributed by atoms with Gasteiger partial charge in [-0.15, -0.1) is 0 Å². The molecule has 2 aliphatic rings. The van der Waals surface area contributed by atoms with Crippen LogP contribution in [0.4, 0.5) is 4.79 Å². The summed E-state index contributed by atoms with van der Waals surface area (Å²) in [7, 11) is 1.21. The fraction of sp³-hybridized carbons (Fsp3) is 0.300. The summed E-state index contributed by atoms with van der Waals surface area (Å²) in [6.07, 6.45) is -0.801. The van der Waals surface area contributed by atoms with Gasteiger partial charge >= 0.3 is 6.09 Å². The molecule has 0 saturated carbocycles. The predicted octanol–water partition coefficient (Wildman–Crippen LogP) is 2.80. The molecule has 2 aromatic carbocycles. The van der Waals surface area contributed by atoms with Crippen molar-refractivity contribution in [2.45, 2.75) is 31.1 Å². The van der Waals surface area contributed by atoms with Crippen molar-refractivity contribution < 1.29 is 24.2 Å². The van der Waals surface area contributed by atoms with Crippen molar-refractivity contribution in [2.75, 3.05) is 7.11 Å². The van der Waals surface area contributed by atoms with Gasteiger partial charge in [-0.25, -0.2) is 4.79 Å². The van der Waals surface area contributed by atoms with Crippen molar-refractivity contribution in [2.24, 2.45) is 0 Å². The molecule has 0 fully saturated rings. The third-order valence-corrected chi connectivity index (χ3v) is 5.18. The van der Waals surface area contributed by atoms with E-state index in [2.05, 4.69) is 5.32 Å². The number of fused-ring (bicyclic) bond motifs is 5. The van der Waals surface area contributed by atoms with Crippen molar-refractivity contribution in [3.05, 3.63) is 64.7 Å². The zero-order chi connectivity index (χ0) is 18.7. The first-order valence-corrected chi connectivity index (χ1v) is 8.41. The fourth-order valence-corrected chi connectivity index (χ4v) is 3.80. The molecule has 1 aliphatic carbocycles. The Morgan fingerprint density at radius 3 is 2.62 bits per heavy atom. The van der Waals surface area contributed by atoms with Crippen molar-refractivity contribution in [1.29, 1.82) is 0 Å². The van der Waals surface area contributed by atoms with Crippen LogP contribution >= 0.6 is 0 Å². The number of carbonyl (C=O) groups is 2. The number of Topliss-reactive ketones (excluding diaryl/α,β-unsaturated/α-hetero) is 1. The molecule has 2 N–H and O–H groups in total. The Balaban J connectivity index is 1.97. The lowest BCUT2D eigenvalue weighted by atomic mass is 9.84. The van der Waals surface area contributed by atoms with E-state index in [0.29, 0.717) is 22.4 Å². The molecule has 26 heavy (non-hydrogen) atoms. The zero-order valence-electron chi connectivity index (χ0n) is 14.7. The Morgan fingerprint density at radius 2 is 1.92 bits per heavy atom. The minimum atomic E-state index is -2.06. The molecule has 0 saturated heterocycles. The summed E-state index contributed by atoms with van der Waals surface area (Å²) in [6, 6.07) is 12.0. The van der Waals surface area contributed by atoms with E-state index < -0.39 is 23.2 Å². The average molecular weight is 353 g/mol. The number of ether oxygens (including phenoxy) is 2. The van der Waals surface area contributed by atoms with Gasteiger partial charge in [0.2, 0.25) is 11.4 Å². The lowest BCUT2D eigenvalue weighted by Gasteiger charge is -2.34. The topological polar surface area (TPSA) is 84.9 Å². The molecule has 1 aliphatic heterocycles. The van der Waals surface area contributed by atoms with Gasteiger partial charge < -0.3 is 14.6 Å². The highest BCUT2D eigenvalue weighted by Gasteiger charge is 2.71. The van der Waals surface area contributed by atoms with Crippen LogP contribution in [0.15, 0.2) is 42.5 Å². The average Bonchev–Trinajstić information content (AvgIpc) is 2.99. The van der Waals surface area contributed by atoms with Gasteiger partial charge in [0.25, 0.3) is 5.72 Å². The number of methoxy groups -OCH3 is 1. The third kappa shape index (κ3) is 1.85. The van der Waals surface area contributed by atoms with E-state index in [0.717, 1.165) is 5.56 Å². The fourth-order valence-electron chi connectivity index (χ4n) is 3.80. The quantitative estimate of drug-likeness (QED) is 0.867. The first-order chi connectivity index (χ1) is 12.3. The zero-order valence-corrected chi connectivity index (χ0v) is 14.7. The maximum atomic E-state index is 13.1. The Bertz CT molecular complexity index is 938. The molecule has 0 bridgehead atoms. The SMILES string of the molecule is COC(=O)NC12Oc3cc(C(C)C)ccc3C1(O)C(=O)c1ccccc12. The highest BCUT2D eigenvalue weighted by atomic mass is 16.6.